The van der Waals surface area contributed by atoms with Gasteiger partial charge in [0, 0.05) is 6.20 Å². The lowest BCUT2D eigenvalue weighted by Crippen LogP contribution is -2.06. The van der Waals surface area contributed by atoms with Gasteiger partial charge in [-0.1, -0.05) is 11.6 Å². The van der Waals surface area contributed by atoms with Crippen LogP contribution < -0.4 is 0 Å². The van der Waals surface area contributed by atoms with E-state index in [0.29, 0.717) is 5.02 Å². The number of imidazole rings is 1. The minimum atomic E-state index is -0.179. The molecule has 3 aromatic rings. The number of aryl methyl sites for hydroxylation is 1. The fourth-order valence-corrected chi connectivity index (χ4v) is 3.35. The van der Waals surface area contributed by atoms with Gasteiger partial charge in [-0.05, 0) is 41.8 Å². The van der Waals surface area contributed by atoms with Crippen LogP contribution in [0, 0.1) is 6.92 Å². The van der Waals surface area contributed by atoms with Gasteiger partial charge in [-0.3, -0.25) is 0 Å². The van der Waals surface area contributed by atoms with Crippen LogP contribution in [0.15, 0.2) is 23.0 Å². The van der Waals surface area contributed by atoms with E-state index >= 15 is 0 Å². The highest BCUT2D eigenvalue weighted by Crippen LogP contribution is 2.27. The second kappa shape index (κ2) is 5.35. The van der Waals surface area contributed by atoms with Gasteiger partial charge < -0.3 is 4.57 Å². The van der Waals surface area contributed by atoms with Crippen LogP contribution in [-0.4, -0.2) is 14.5 Å². The fourth-order valence-electron chi connectivity index (χ4n) is 2.18. The molecule has 0 aliphatic carbocycles. The van der Waals surface area contributed by atoms with Crippen molar-refractivity contribution < 1.29 is 0 Å². The van der Waals surface area contributed by atoms with E-state index < -0.39 is 0 Å². The molecule has 0 saturated carbocycles. The van der Waals surface area contributed by atoms with E-state index in [2.05, 4.69) is 32.2 Å². The van der Waals surface area contributed by atoms with Gasteiger partial charge in [-0.2, -0.15) is 11.3 Å². The van der Waals surface area contributed by atoms with Gasteiger partial charge in [0.2, 0.25) is 0 Å². The van der Waals surface area contributed by atoms with Crippen LogP contribution >= 0.6 is 34.5 Å². The van der Waals surface area contributed by atoms with E-state index in [9.17, 15) is 0 Å². The highest BCUT2D eigenvalue weighted by atomic mass is 35.5. The Bertz CT molecular complexity index is 761. The van der Waals surface area contributed by atoms with Crippen LogP contribution in [0.4, 0.5) is 0 Å². The van der Waals surface area contributed by atoms with Crippen molar-refractivity contribution in [3.05, 3.63) is 45.0 Å². The molecule has 1 atom stereocenters. The zero-order valence-corrected chi connectivity index (χ0v) is 13.4. The topological polar surface area (TPSA) is 30.7 Å². The summed E-state index contributed by atoms with van der Waals surface area (Å²) >= 11 is 13.9. The molecule has 0 spiro atoms. The average Bonchev–Trinajstić information content (AvgIpc) is 2.95. The molecule has 3 aromatic heterocycles. The predicted molar refractivity (Wildman–Crippen MR) is 85.0 cm³/mol. The number of hydrogen-bond acceptors (Lipinski definition) is 3. The van der Waals surface area contributed by atoms with Gasteiger partial charge in [-0.15, -0.1) is 11.6 Å². The Labute approximate surface area is 131 Å². The third kappa shape index (κ3) is 2.43. The molecule has 0 amide bonds. The Kier molecular flexibility index (Phi) is 3.71. The highest BCUT2D eigenvalue weighted by Gasteiger charge is 2.17. The summed E-state index contributed by atoms with van der Waals surface area (Å²) in [5.41, 5.74) is 4.15. The van der Waals surface area contributed by atoms with E-state index in [4.69, 9.17) is 23.2 Å². The van der Waals surface area contributed by atoms with Gasteiger partial charge in [0.15, 0.2) is 5.65 Å². The van der Waals surface area contributed by atoms with Crippen LogP contribution in [0.2, 0.25) is 5.02 Å². The molecule has 3 nitrogen and oxygen atoms in total. The molecule has 0 fully saturated rings. The molecule has 3 heterocycles. The number of fused-ring (bicyclic) bond motifs is 1. The number of alkyl halides is 1. The summed E-state index contributed by atoms with van der Waals surface area (Å²) < 4.78 is 2.07. The first-order valence-electron chi connectivity index (χ1n) is 6.23. The summed E-state index contributed by atoms with van der Waals surface area (Å²) in [6, 6.07) is 1.82. The van der Waals surface area contributed by atoms with Crippen molar-refractivity contribution >= 4 is 45.7 Å². The molecule has 0 saturated heterocycles. The summed E-state index contributed by atoms with van der Waals surface area (Å²) in [5.74, 6) is 0.821. The first-order chi connectivity index (χ1) is 9.56. The molecule has 0 bridgehead atoms. The average molecular weight is 326 g/mol. The van der Waals surface area contributed by atoms with Crippen molar-refractivity contribution in [1.29, 1.82) is 0 Å². The second-order valence-corrected chi connectivity index (χ2v) is 6.58. The lowest BCUT2D eigenvalue weighted by Gasteiger charge is -2.09. The third-order valence-electron chi connectivity index (χ3n) is 3.23. The van der Waals surface area contributed by atoms with Crippen molar-refractivity contribution in [2.45, 2.75) is 25.8 Å². The number of rotatable bonds is 3. The largest absolute Gasteiger partial charge is 0.307 e. The Morgan fingerprint density at radius 3 is 2.85 bits per heavy atom. The minimum Gasteiger partial charge on any atom is -0.307 e. The number of hydrogen-bond donors (Lipinski definition) is 0. The first kappa shape index (κ1) is 13.9. The predicted octanol–water partition coefficient (Wildman–Crippen LogP) is 4.80. The van der Waals surface area contributed by atoms with Crippen LogP contribution in [0.5, 0.6) is 0 Å². The van der Waals surface area contributed by atoms with Crippen molar-refractivity contribution in [1.82, 2.24) is 14.5 Å². The molecule has 0 aliphatic rings. The fraction of sp³-hybridized carbons (Fsp3) is 0.286. The lowest BCUT2D eigenvalue weighted by atomic mass is 10.2. The van der Waals surface area contributed by atoms with E-state index in [1.54, 1.807) is 17.5 Å². The zero-order valence-electron chi connectivity index (χ0n) is 11.1. The van der Waals surface area contributed by atoms with E-state index in [1.807, 2.05) is 13.0 Å². The van der Waals surface area contributed by atoms with Crippen molar-refractivity contribution in [2.75, 3.05) is 0 Å². The zero-order chi connectivity index (χ0) is 14.3. The molecular formula is C14H13Cl2N3S. The molecule has 6 heteroatoms. The maximum absolute atomic E-state index is 6.26. The Balaban J connectivity index is 2.16. The Morgan fingerprint density at radius 2 is 2.20 bits per heavy atom. The summed E-state index contributed by atoms with van der Waals surface area (Å²) in [7, 11) is 0. The van der Waals surface area contributed by atoms with Gasteiger partial charge >= 0.3 is 0 Å². The molecule has 0 N–H and O–H groups in total. The molecule has 0 aliphatic heterocycles. The van der Waals surface area contributed by atoms with Gasteiger partial charge in [0.05, 0.1) is 16.9 Å². The summed E-state index contributed by atoms with van der Waals surface area (Å²) in [6.45, 7) is 4.76. The van der Waals surface area contributed by atoms with Gasteiger partial charge in [0.1, 0.15) is 11.3 Å². The van der Waals surface area contributed by atoms with Crippen LogP contribution in [0.25, 0.3) is 11.2 Å². The van der Waals surface area contributed by atoms with E-state index in [0.717, 1.165) is 23.5 Å². The molecular weight excluding hydrogens is 313 g/mol. The lowest BCUT2D eigenvalue weighted by molar-refractivity contribution is 0.735. The molecule has 104 valence electrons. The minimum absolute atomic E-state index is 0.179. The SMILES string of the molecule is Cc1cscc1Cn1c(C(C)Cl)nc2cc(Cl)cnc21. The van der Waals surface area contributed by atoms with E-state index in [1.165, 1.54) is 11.1 Å². The summed E-state index contributed by atoms with van der Waals surface area (Å²) in [4.78, 5) is 8.98. The normalized spacial score (nSPS) is 13.0. The smallest absolute Gasteiger partial charge is 0.160 e. The molecule has 0 aromatic carbocycles. The Morgan fingerprint density at radius 1 is 1.40 bits per heavy atom. The molecule has 1 unspecified atom stereocenters. The first-order valence-corrected chi connectivity index (χ1v) is 7.99. The van der Waals surface area contributed by atoms with Crippen LogP contribution in [0.3, 0.4) is 0 Å². The summed E-state index contributed by atoms with van der Waals surface area (Å²) in [6.07, 6.45) is 1.64. The number of thiophene rings is 1. The maximum Gasteiger partial charge on any atom is 0.160 e. The Hall–Kier alpha value is -1.10. The third-order valence-corrected chi connectivity index (χ3v) is 4.54. The van der Waals surface area contributed by atoms with Crippen molar-refractivity contribution in [2.24, 2.45) is 0 Å². The highest BCUT2D eigenvalue weighted by molar-refractivity contribution is 7.08. The number of nitrogens with zero attached hydrogens (tertiary/aromatic N) is 3. The van der Waals surface area contributed by atoms with Crippen molar-refractivity contribution in [3.63, 3.8) is 0 Å². The summed E-state index contributed by atoms with van der Waals surface area (Å²) in [5, 5.41) is 4.70. The number of halogens is 2. The van der Waals surface area contributed by atoms with Gasteiger partial charge in [-0.25, -0.2) is 9.97 Å². The molecule has 20 heavy (non-hydrogen) atoms. The van der Waals surface area contributed by atoms with Crippen LogP contribution in [-0.2, 0) is 6.54 Å². The van der Waals surface area contributed by atoms with Crippen molar-refractivity contribution in [3.8, 4) is 0 Å². The maximum atomic E-state index is 6.26. The monoisotopic (exact) mass is 325 g/mol. The molecule has 3 rings (SSSR count). The molecule has 0 radical (unpaired) electrons. The quantitative estimate of drug-likeness (QED) is 0.647. The van der Waals surface area contributed by atoms with Crippen LogP contribution in [0.1, 0.15) is 29.3 Å². The second-order valence-electron chi connectivity index (χ2n) is 4.75. The van der Waals surface area contributed by atoms with E-state index in [-0.39, 0.29) is 5.38 Å². The number of aromatic nitrogens is 3. The van der Waals surface area contributed by atoms with Gasteiger partial charge in [0.25, 0.3) is 0 Å². The number of pyridine rings is 1. The standard InChI is InChI=1S/C14H13Cl2N3S/c1-8-6-20-7-10(8)5-19-13(9(2)15)18-12-3-11(16)4-17-14(12)19/h3-4,6-7,9H,5H2,1-2H3.